The molecule has 1 heterocycles. The maximum absolute atomic E-state index is 13.7. The molecule has 0 saturated heterocycles. The van der Waals surface area contributed by atoms with Crippen LogP contribution in [0.4, 0.5) is 16.2 Å². The molecule has 100 valence electrons. The molecular formula is C13H14ClFN4. The van der Waals surface area contributed by atoms with Gasteiger partial charge in [0.1, 0.15) is 0 Å². The van der Waals surface area contributed by atoms with Gasteiger partial charge < -0.3 is 10.6 Å². The molecule has 2 rings (SSSR count). The second kappa shape index (κ2) is 5.40. The molecule has 2 N–H and O–H groups in total. The highest BCUT2D eigenvalue weighted by atomic mass is 35.5. The van der Waals surface area contributed by atoms with Crippen molar-refractivity contribution in [3.05, 3.63) is 46.9 Å². The molecule has 1 unspecified atom stereocenters. The van der Waals surface area contributed by atoms with E-state index in [2.05, 4.69) is 9.97 Å². The van der Waals surface area contributed by atoms with E-state index in [1.807, 2.05) is 25.1 Å². The molecule has 0 amide bonds. The van der Waals surface area contributed by atoms with Gasteiger partial charge in [-0.05, 0) is 18.6 Å². The number of halogens is 2. The topological polar surface area (TPSA) is 55.0 Å². The number of aromatic nitrogens is 2. The van der Waals surface area contributed by atoms with Crippen LogP contribution in [-0.2, 0) is 0 Å². The minimum atomic E-state index is -0.518. The van der Waals surface area contributed by atoms with Gasteiger partial charge in [-0.3, -0.25) is 0 Å². The Morgan fingerprint density at radius 2 is 2.05 bits per heavy atom. The third-order valence-electron chi connectivity index (χ3n) is 3.01. The highest BCUT2D eigenvalue weighted by molar-refractivity contribution is 6.31. The van der Waals surface area contributed by atoms with Crippen LogP contribution in [0.3, 0.4) is 0 Å². The van der Waals surface area contributed by atoms with Gasteiger partial charge in [-0.25, -0.2) is 9.37 Å². The van der Waals surface area contributed by atoms with Crippen LogP contribution >= 0.6 is 11.6 Å². The van der Waals surface area contributed by atoms with Gasteiger partial charge >= 0.3 is 0 Å². The van der Waals surface area contributed by atoms with E-state index in [4.69, 9.17) is 17.3 Å². The summed E-state index contributed by atoms with van der Waals surface area (Å²) in [5.74, 6) is -0.329. The number of anilines is 2. The van der Waals surface area contributed by atoms with Crippen molar-refractivity contribution in [2.24, 2.45) is 0 Å². The number of nitrogens with zero attached hydrogens (tertiary/aromatic N) is 3. The number of nitrogen functional groups attached to an aromatic ring is 1. The molecular weight excluding hydrogens is 267 g/mol. The first-order valence-corrected chi connectivity index (χ1v) is 6.13. The smallest absolute Gasteiger partial charge is 0.222 e. The Morgan fingerprint density at radius 1 is 1.37 bits per heavy atom. The van der Waals surface area contributed by atoms with Crippen LogP contribution in [-0.4, -0.2) is 17.0 Å². The summed E-state index contributed by atoms with van der Waals surface area (Å²) in [5.41, 5.74) is 6.38. The van der Waals surface area contributed by atoms with E-state index in [1.54, 1.807) is 18.0 Å². The van der Waals surface area contributed by atoms with E-state index >= 15 is 0 Å². The number of benzene rings is 1. The molecule has 6 heteroatoms. The molecule has 0 bridgehead atoms. The Balaban J connectivity index is 2.36. The summed E-state index contributed by atoms with van der Waals surface area (Å²) in [6.07, 6.45) is 1.06. The van der Waals surface area contributed by atoms with E-state index in [0.717, 1.165) is 11.8 Å². The zero-order chi connectivity index (χ0) is 14.0. The second-order valence-corrected chi connectivity index (χ2v) is 4.62. The number of hydrogen-bond acceptors (Lipinski definition) is 4. The quantitative estimate of drug-likeness (QED) is 0.939. The van der Waals surface area contributed by atoms with Crippen molar-refractivity contribution in [3.63, 3.8) is 0 Å². The van der Waals surface area contributed by atoms with Crippen molar-refractivity contribution >= 4 is 23.4 Å². The number of nitrogens with two attached hydrogens (primary N) is 1. The third-order valence-corrected chi connectivity index (χ3v) is 3.36. The zero-order valence-corrected chi connectivity index (χ0v) is 11.4. The molecule has 1 aromatic heterocycles. The van der Waals surface area contributed by atoms with E-state index in [-0.39, 0.29) is 17.8 Å². The van der Waals surface area contributed by atoms with Crippen molar-refractivity contribution in [2.75, 3.05) is 17.7 Å². The van der Waals surface area contributed by atoms with Crippen LogP contribution in [0.2, 0.25) is 5.02 Å². The van der Waals surface area contributed by atoms with Crippen LogP contribution in [0.5, 0.6) is 0 Å². The first-order valence-electron chi connectivity index (χ1n) is 5.76. The van der Waals surface area contributed by atoms with Crippen LogP contribution in [0.25, 0.3) is 0 Å². The molecule has 0 aliphatic heterocycles. The fraction of sp³-hybridized carbons (Fsp3) is 0.231. The van der Waals surface area contributed by atoms with Gasteiger partial charge in [0.05, 0.1) is 12.2 Å². The molecule has 0 fully saturated rings. The van der Waals surface area contributed by atoms with Crippen molar-refractivity contribution < 1.29 is 4.39 Å². The van der Waals surface area contributed by atoms with Crippen molar-refractivity contribution in [1.29, 1.82) is 0 Å². The molecule has 0 spiro atoms. The minimum Gasteiger partial charge on any atom is -0.368 e. The predicted molar refractivity (Wildman–Crippen MR) is 74.7 cm³/mol. The highest BCUT2D eigenvalue weighted by Crippen LogP contribution is 2.30. The van der Waals surface area contributed by atoms with Gasteiger partial charge in [0.25, 0.3) is 0 Å². The Hall–Kier alpha value is -1.88. The van der Waals surface area contributed by atoms with Crippen LogP contribution in [0, 0.1) is 5.82 Å². The first kappa shape index (κ1) is 13.5. The second-order valence-electron chi connectivity index (χ2n) is 4.21. The summed E-state index contributed by atoms with van der Waals surface area (Å²) < 4.78 is 13.7. The summed E-state index contributed by atoms with van der Waals surface area (Å²) in [5, 5.41) is 0.629. The van der Waals surface area contributed by atoms with Gasteiger partial charge in [-0.1, -0.05) is 29.8 Å². The molecule has 4 nitrogen and oxygen atoms in total. The fourth-order valence-corrected chi connectivity index (χ4v) is 2.12. The normalized spacial score (nSPS) is 12.2. The maximum atomic E-state index is 13.7. The highest BCUT2D eigenvalue weighted by Gasteiger charge is 2.19. The lowest BCUT2D eigenvalue weighted by atomic mass is 10.1. The average Bonchev–Trinajstić information content (AvgIpc) is 2.40. The fourth-order valence-electron chi connectivity index (χ4n) is 1.82. The van der Waals surface area contributed by atoms with Crippen molar-refractivity contribution in [1.82, 2.24) is 9.97 Å². The van der Waals surface area contributed by atoms with E-state index in [1.165, 1.54) is 0 Å². The lowest BCUT2D eigenvalue weighted by molar-refractivity contribution is 0.596. The summed E-state index contributed by atoms with van der Waals surface area (Å²) in [7, 11) is 1.73. The molecule has 19 heavy (non-hydrogen) atoms. The Labute approximate surface area is 116 Å². The van der Waals surface area contributed by atoms with Gasteiger partial charge in [0, 0.05) is 12.1 Å². The summed E-state index contributed by atoms with van der Waals surface area (Å²) in [4.78, 5) is 9.21. The van der Waals surface area contributed by atoms with E-state index < -0.39 is 5.82 Å². The molecule has 1 aromatic carbocycles. The van der Waals surface area contributed by atoms with Gasteiger partial charge in [-0.2, -0.15) is 4.98 Å². The monoisotopic (exact) mass is 280 g/mol. The van der Waals surface area contributed by atoms with Crippen LogP contribution in [0.15, 0.2) is 30.5 Å². The zero-order valence-electron chi connectivity index (χ0n) is 10.6. The van der Waals surface area contributed by atoms with Crippen molar-refractivity contribution in [2.45, 2.75) is 13.0 Å². The number of rotatable bonds is 3. The maximum Gasteiger partial charge on any atom is 0.222 e. The molecule has 1 atom stereocenters. The predicted octanol–water partition coefficient (Wildman–Crippen LogP) is 3.05. The van der Waals surface area contributed by atoms with E-state index in [9.17, 15) is 4.39 Å². The average molecular weight is 281 g/mol. The SMILES string of the molecule is CC(c1ccccc1Cl)N(C)c1nc(N)ncc1F. The third kappa shape index (κ3) is 2.76. The van der Waals surface area contributed by atoms with Crippen LogP contribution in [0.1, 0.15) is 18.5 Å². The molecule has 0 radical (unpaired) electrons. The molecule has 0 aliphatic carbocycles. The lowest BCUT2D eigenvalue weighted by Crippen LogP contribution is -2.24. The van der Waals surface area contributed by atoms with Crippen LogP contribution < -0.4 is 10.6 Å². The lowest BCUT2D eigenvalue weighted by Gasteiger charge is -2.27. The van der Waals surface area contributed by atoms with Gasteiger partial charge in [-0.15, -0.1) is 0 Å². The summed E-state index contributed by atoms with van der Waals surface area (Å²) in [6.45, 7) is 1.92. The Morgan fingerprint density at radius 3 is 2.74 bits per heavy atom. The number of hydrogen-bond donors (Lipinski definition) is 1. The largest absolute Gasteiger partial charge is 0.368 e. The molecule has 0 saturated carbocycles. The summed E-state index contributed by atoms with van der Waals surface area (Å²) in [6, 6.07) is 7.29. The summed E-state index contributed by atoms with van der Waals surface area (Å²) >= 11 is 6.14. The van der Waals surface area contributed by atoms with E-state index in [0.29, 0.717) is 5.02 Å². The standard InChI is InChI=1S/C13H14ClFN4/c1-8(9-5-3-4-6-10(9)14)19(2)12-11(15)7-17-13(16)18-12/h3-8H,1-2H3,(H2,16,17,18). The van der Waals surface area contributed by atoms with Gasteiger partial charge in [0.2, 0.25) is 5.95 Å². The Kier molecular flexibility index (Phi) is 3.85. The Bertz CT molecular complexity index is 591. The minimum absolute atomic E-state index is 0.0367. The molecule has 0 aliphatic rings. The van der Waals surface area contributed by atoms with Crippen molar-refractivity contribution in [3.8, 4) is 0 Å². The first-order chi connectivity index (χ1) is 9.00. The molecule has 2 aromatic rings. The van der Waals surface area contributed by atoms with Gasteiger partial charge in [0.15, 0.2) is 11.6 Å².